The SMILES string of the molecule is O=C(c1ccc(=O)n(-c2ccccc2F)n1)N1CCC1. The van der Waals surface area contributed by atoms with Gasteiger partial charge in [0, 0.05) is 19.2 Å². The molecule has 3 rings (SSSR count). The highest BCUT2D eigenvalue weighted by atomic mass is 19.1. The number of nitrogens with zero attached hydrogens (tertiary/aromatic N) is 3. The highest BCUT2D eigenvalue weighted by Crippen LogP contribution is 2.12. The van der Waals surface area contributed by atoms with Crippen LogP contribution in [0.4, 0.5) is 4.39 Å². The highest BCUT2D eigenvalue weighted by molar-refractivity contribution is 5.92. The molecule has 1 aromatic carbocycles. The second-order valence-corrected chi connectivity index (χ2v) is 4.57. The quantitative estimate of drug-likeness (QED) is 0.826. The van der Waals surface area contributed by atoms with E-state index in [2.05, 4.69) is 5.10 Å². The van der Waals surface area contributed by atoms with Crippen LogP contribution >= 0.6 is 0 Å². The Morgan fingerprint density at radius 1 is 1.15 bits per heavy atom. The van der Waals surface area contributed by atoms with E-state index in [1.165, 1.54) is 30.3 Å². The lowest BCUT2D eigenvalue weighted by molar-refractivity contribution is 0.0643. The van der Waals surface area contributed by atoms with Crippen LogP contribution in [0.15, 0.2) is 41.2 Å². The van der Waals surface area contributed by atoms with Gasteiger partial charge in [-0.15, -0.1) is 0 Å². The van der Waals surface area contributed by atoms with E-state index in [-0.39, 0.29) is 17.3 Å². The smallest absolute Gasteiger partial charge is 0.274 e. The number of amides is 1. The van der Waals surface area contributed by atoms with Gasteiger partial charge in [0.15, 0.2) is 0 Å². The molecule has 1 amide bonds. The van der Waals surface area contributed by atoms with Gasteiger partial charge in [0.2, 0.25) is 0 Å². The fourth-order valence-electron chi connectivity index (χ4n) is 2.00. The number of rotatable bonds is 2. The average molecular weight is 273 g/mol. The molecule has 0 N–H and O–H groups in total. The molecule has 0 saturated carbocycles. The first-order valence-electron chi connectivity index (χ1n) is 6.31. The summed E-state index contributed by atoms with van der Waals surface area (Å²) in [6, 6.07) is 8.43. The van der Waals surface area contributed by atoms with E-state index in [4.69, 9.17) is 0 Å². The fraction of sp³-hybridized carbons (Fsp3) is 0.214. The zero-order valence-corrected chi connectivity index (χ0v) is 10.6. The number of carbonyl (C=O) groups excluding carboxylic acids is 1. The molecule has 1 saturated heterocycles. The third-order valence-corrected chi connectivity index (χ3v) is 3.24. The van der Waals surface area contributed by atoms with Gasteiger partial charge >= 0.3 is 0 Å². The Morgan fingerprint density at radius 3 is 2.55 bits per heavy atom. The van der Waals surface area contributed by atoms with Gasteiger partial charge in [-0.05, 0) is 24.6 Å². The summed E-state index contributed by atoms with van der Waals surface area (Å²) in [4.78, 5) is 25.5. The molecule has 0 radical (unpaired) electrons. The van der Waals surface area contributed by atoms with Gasteiger partial charge in [-0.2, -0.15) is 9.78 Å². The lowest BCUT2D eigenvalue weighted by Crippen LogP contribution is -2.43. The molecule has 102 valence electrons. The number of benzene rings is 1. The largest absolute Gasteiger partial charge is 0.337 e. The van der Waals surface area contributed by atoms with Crippen molar-refractivity contribution in [1.82, 2.24) is 14.7 Å². The topological polar surface area (TPSA) is 55.2 Å². The molecule has 5 nitrogen and oxygen atoms in total. The molecular formula is C14H12FN3O2. The zero-order chi connectivity index (χ0) is 14.1. The summed E-state index contributed by atoms with van der Waals surface area (Å²) in [6.45, 7) is 1.39. The van der Waals surface area contributed by atoms with E-state index in [1.807, 2.05) is 0 Å². The minimum Gasteiger partial charge on any atom is -0.337 e. The van der Waals surface area contributed by atoms with Crippen LogP contribution < -0.4 is 5.56 Å². The molecule has 20 heavy (non-hydrogen) atoms. The van der Waals surface area contributed by atoms with E-state index in [1.54, 1.807) is 11.0 Å². The van der Waals surface area contributed by atoms with Gasteiger partial charge in [0.1, 0.15) is 17.2 Å². The van der Waals surface area contributed by atoms with Crippen LogP contribution in [-0.2, 0) is 0 Å². The molecule has 6 heteroatoms. The third kappa shape index (κ3) is 2.09. The van der Waals surface area contributed by atoms with Crippen molar-refractivity contribution in [2.24, 2.45) is 0 Å². The van der Waals surface area contributed by atoms with Crippen molar-refractivity contribution in [3.8, 4) is 5.69 Å². The summed E-state index contributed by atoms with van der Waals surface area (Å²) < 4.78 is 14.6. The van der Waals surface area contributed by atoms with E-state index in [9.17, 15) is 14.0 Å². The molecule has 0 atom stereocenters. The number of hydrogen-bond acceptors (Lipinski definition) is 3. The summed E-state index contributed by atoms with van der Waals surface area (Å²) >= 11 is 0. The molecule has 0 bridgehead atoms. The predicted molar refractivity (Wildman–Crippen MR) is 70.3 cm³/mol. The average Bonchev–Trinajstić information content (AvgIpc) is 2.38. The summed E-state index contributed by atoms with van der Waals surface area (Å²) in [5.41, 5.74) is -0.293. The molecule has 2 heterocycles. The maximum atomic E-state index is 13.7. The van der Waals surface area contributed by atoms with Crippen LogP contribution in [0.25, 0.3) is 5.69 Å². The maximum Gasteiger partial charge on any atom is 0.274 e. The van der Waals surface area contributed by atoms with Gasteiger partial charge in [-0.1, -0.05) is 12.1 Å². The van der Waals surface area contributed by atoms with E-state index in [0.717, 1.165) is 11.1 Å². The molecular weight excluding hydrogens is 261 g/mol. The molecule has 1 aliphatic rings. The first-order chi connectivity index (χ1) is 9.66. The fourth-order valence-corrected chi connectivity index (χ4v) is 2.00. The Morgan fingerprint density at radius 2 is 1.90 bits per heavy atom. The zero-order valence-electron chi connectivity index (χ0n) is 10.6. The molecule has 0 aliphatic carbocycles. The molecule has 2 aromatic rings. The number of carbonyl (C=O) groups is 1. The maximum absolute atomic E-state index is 13.7. The minimum atomic E-state index is -0.560. The third-order valence-electron chi connectivity index (χ3n) is 3.24. The van der Waals surface area contributed by atoms with Crippen LogP contribution in [-0.4, -0.2) is 33.7 Å². The second-order valence-electron chi connectivity index (χ2n) is 4.57. The van der Waals surface area contributed by atoms with Gasteiger partial charge < -0.3 is 4.90 Å². The van der Waals surface area contributed by atoms with Crippen molar-refractivity contribution in [2.45, 2.75) is 6.42 Å². The van der Waals surface area contributed by atoms with Crippen LogP contribution in [0.5, 0.6) is 0 Å². The summed E-state index contributed by atoms with van der Waals surface area (Å²) in [7, 11) is 0. The van der Waals surface area contributed by atoms with E-state index < -0.39 is 11.4 Å². The van der Waals surface area contributed by atoms with Crippen LogP contribution in [0, 0.1) is 5.82 Å². The number of para-hydroxylation sites is 1. The minimum absolute atomic E-state index is 0.0377. The van der Waals surface area contributed by atoms with E-state index in [0.29, 0.717) is 13.1 Å². The summed E-state index contributed by atoms with van der Waals surface area (Å²) in [5, 5.41) is 3.98. The van der Waals surface area contributed by atoms with E-state index >= 15 is 0 Å². The number of likely N-dealkylation sites (tertiary alicyclic amines) is 1. The van der Waals surface area contributed by atoms with Crippen LogP contribution in [0.3, 0.4) is 0 Å². The van der Waals surface area contributed by atoms with Crippen molar-refractivity contribution >= 4 is 5.91 Å². The predicted octanol–water partition coefficient (Wildman–Crippen LogP) is 1.22. The Labute approximate surface area is 114 Å². The number of aromatic nitrogens is 2. The Hall–Kier alpha value is -2.50. The molecule has 1 aromatic heterocycles. The standard InChI is InChI=1S/C14H12FN3O2/c15-10-4-1-2-5-12(10)18-13(19)7-6-11(16-18)14(20)17-8-3-9-17/h1-2,4-7H,3,8-9H2. The lowest BCUT2D eigenvalue weighted by atomic mass is 10.2. The molecule has 1 aliphatic heterocycles. The number of hydrogen-bond donors (Lipinski definition) is 0. The first kappa shape index (κ1) is 12.5. The van der Waals surface area contributed by atoms with Crippen molar-refractivity contribution in [1.29, 1.82) is 0 Å². The lowest BCUT2D eigenvalue weighted by Gasteiger charge is -2.30. The van der Waals surface area contributed by atoms with Crippen LogP contribution in [0.1, 0.15) is 16.9 Å². The molecule has 0 spiro atoms. The monoisotopic (exact) mass is 273 g/mol. The Kier molecular flexibility index (Phi) is 3.06. The summed E-state index contributed by atoms with van der Waals surface area (Å²) in [5.74, 6) is -0.794. The van der Waals surface area contributed by atoms with Gasteiger partial charge in [0.25, 0.3) is 11.5 Å². The van der Waals surface area contributed by atoms with Gasteiger partial charge in [-0.3, -0.25) is 9.59 Å². The first-order valence-corrected chi connectivity index (χ1v) is 6.31. The molecule has 0 unspecified atom stereocenters. The number of halogens is 1. The van der Waals surface area contributed by atoms with Crippen molar-refractivity contribution in [3.05, 3.63) is 58.3 Å². The van der Waals surface area contributed by atoms with Gasteiger partial charge in [0.05, 0.1) is 0 Å². The van der Waals surface area contributed by atoms with Crippen molar-refractivity contribution < 1.29 is 9.18 Å². The highest BCUT2D eigenvalue weighted by Gasteiger charge is 2.23. The Bertz CT molecular complexity index is 722. The van der Waals surface area contributed by atoms with Crippen molar-refractivity contribution in [3.63, 3.8) is 0 Å². The second kappa shape index (κ2) is 4.88. The van der Waals surface area contributed by atoms with Crippen molar-refractivity contribution in [2.75, 3.05) is 13.1 Å². The summed E-state index contributed by atoms with van der Waals surface area (Å²) in [6.07, 6.45) is 0.971. The van der Waals surface area contributed by atoms with Crippen LogP contribution in [0.2, 0.25) is 0 Å². The van der Waals surface area contributed by atoms with Gasteiger partial charge in [-0.25, -0.2) is 4.39 Å². The molecule has 1 fully saturated rings. The normalized spacial score (nSPS) is 13.9. The Balaban J connectivity index is 2.05.